The molecule has 144 valence electrons. The predicted molar refractivity (Wildman–Crippen MR) is 94.4 cm³/mol. The molecule has 6 heteroatoms. The summed E-state index contributed by atoms with van der Waals surface area (Å²) < 4.78 is 29.0. The number of hydrogen-bond donors (Lipinski definition) is 2. The van der Waals surface area contributed by atoms with Gasteiger partial charge in [-0.3, -0.25) is 4.79 Å². The minimum atomic E-state index is -3.67. The molecule has 25 heavy (non-hydrogen) atoms. The third-order valence-corrected chi connectivity index (χ3v) is 3.72. The number of aliphatic carboxylic acids is 1. The molecule has 0 spiro atoms. The number of carbonyl (C=O) groups is 1. The lowest BCUT2D eigenvalue weighted by molar-refractivity contribution is -0.137. The molecule has 1 aliphatic rings. The Morgan fingerprint density at radius 2 is 1.76 bits per heavy atom. The fourth-order valence-electron chi connectivity index (χ4n) is 2.52. The van der Waals surface area contributed by atoms with E-state index >= 15 is 0 Å². The number of alkyl halides is 3. The molecule has 0 saturated carbocycles. The van der Waals surface area contributed by atoms with Gasteiger partial charge in [0.25, 0.3) is 0 Å². The summed E-state index contributed by atoms with van der Waals surface area (Å²) in [6.45, 7) is 3.37. The lowest BCUT2D eigenvalue weighted by atomic mass is 9.90. The number of aryl methyl sites for hydroxylation is 2. The molecular formula is C19H30F3NO2. The summed E-state index contributed by atoms with van der Waals surface area (Å²) in [5.74, 6) is -0.691. The molecule has 0 heterocycles. The first-order chi connectivity index (χ1) is 11.5. The van der Waals surface area contributed by atoms with E-state index in [0.717, 1.165) is 12.8 Å². The Kier molecular flexibility index (Phi) is 11.2. The van der Waals surface area contributed by atoms with Crippen LogP contribution >= 0.6 is 0 Å². The Labute approximate surface area is 148 Å². The van der Waals surface area contributed by atoms with Crippen LogP contribution in [0.2, 0.25) is 0 Å². The van der Waals surface area contributed by atoms with Gasteiger partial charge in [-0.1, -0.05) is 39.0 Å². The molecule has 3 nitrogen and oxygen atoms in total. The molecule has 0 radical (unpaired) electrons. The molecule has 1 aliphatic carbocycles. The summed E-state index contributed by atoms with van der Waals surface area (Å²) in [6, 6.07) is 6.62. The number of carboxylic acids is 1. The van der Waals surface area contributed by atoms with Gasteiger partial charge in [0, 0.05) is 13.0 Å². The molecule has 1 aromatic carbocycles. The number of carboxylic acid groups (broad SMARTS) is 1. The summed E-state index contributed by atoms with van der Waals surface area (Å²) in [5.41, 5.74) is 10.1. The maximum absolute atomic E-state index is 10.1. The number of nitrogens with two attached hydrogens (primary N) is 1. The molecule has 0 aliphatic heterocycles. The first-order valence-electron chi connectivity index (χ1n) is 8.50. The van der Waals surface area contributed by atoms with Crippen LogP contribution in [0.15, 0.2) is 18.2 Å². The second-order valence-corrected chi connectivity index (χ2v) is 7.22. The van der Waals surface area contributed by atoms with Crippen molar-refractivity contribution in [2.24, 2.45) is 11.1 Å². The normalized spacial score (nSPS) is 12.6. The fraction of sp³-hybridized carbons (Fsp3) is 0.632. The number of fused-ring (bicyclic) bond motifs is 1. The van der Waals surface area contributed by atoms with E-state index < -0.39 is 12.6 Å². The van der Waals surface area contributed by atoms with Crippen molar-refractivity contribution in [1.29, 1.82) is 0 Å². The Morgan fingerprint density at radius 3 is 2.24 bits per heavy atom. The maximum atomic E-state index is 10.1. The standard InChI is InChI=1S/C10H13N.C8H16O2.CHF3/c11-7-8-4-5-9-2-1-3-10(9)6-8;1-8(2,3)6-4-5-7(9)10;2-1(3)4/h4-6H,1-3,7,11H2;4-6H2,1-3H3,(H,9,10);1H. The Balaban J connectivity index is 0.000000384. The Hall–Kier alpha value is -1.56. The van der Waals surface area contributed by atoms with Crippen LogP contribution in [-0.2, 0) is 24.2 Å². The third-order valence-electron chi connectivity index (χ3n) is 3.72. The lowest BCUT2D eigenvalue weighted by Gasteiger charge is -2.16. The first kappa shape index (κ1) is 23.4. The molecule has 0 saturated heterocycles. The first-order valence-corrected chi connectivity index (χ1v) is 8.50. The summed E-state index contributed by atoms with van der Waals surface area (Å²) in [5, 5.41) is 8.31. The largest absolute Gasteiger partial charge is 0.481 e. The summed E-state index contributed by atoms with van der Waals surface area (Å²) >= 11 is 0. The van der Waals surface area contributed by atoms with E-state index in [9.17, 15) is 18.0 Å². The molecule has 0 fully saturated rings. The average Bonchev–Trinajstić information content (AvgIpc) is 2.92. The smallest absolute Gasteiger partial charge is 0.379 e. The van der Waals surface area contributed by atoms with E-state index in [1.54, 1.807) is 0 Å². The predicted octanol–water partition coefficient (Wildman–Crippen LogP) is 5.10. The van der Waals surface area contributed by atoms with Gasteiger partial charge in [-0.25, -0.2) is 0 Å². The van der Waals surface area contributed by atoms with Crippen molar-refractivity contribution in [1.82, 2.24) is 0 Å². The van der Waals surface area contributed by atoms with Crippen LogP contribution in [0.5, 0.6) is 0 Å². The van der Waals surface area contributed by atoms with Gasteiger partial charge in [-0.05, 0) is 54.2 Å². The minimum Gasteiger partial charge on any atom is -0.481 e. The van der Waals surface area contributed by atoms with E-state index in [4.69, 9.17) is 10.8 Å². The van der Waals surface area contributed by atoms with Crippen LogP contribution in [0.1, 0.15) is 63.1 Å². The van der Waals surface area contributed by atoms with E-state index in [-0.39, 0.29) is 5.41 Å². The summed E-state index contributed by atoms with van der Waals surface area (Å²) in [6.07, 6.45) is 5.92. The van der Waals surface area contributed by atoms with E-state index in [1.165, 1.54) is 36.0 Å². The zero-order valence-electron chi connectivity index (χ0n) is 15.3. The van der Waals surface area contributed by atoms with Crippen molar-refractivity contribution in [3.8, 4) is 0 Å². The van der Waals surface area contributed by atoms with Gasteiger partial charge in [0.1, 0.15) is 0 Å². The number of rotatable bonds is 4. The molecular weight excluding hydrogens is 331 g/mol. The van der Waals surface area contributed by atoms with E-state index in [1.807, 2.05) is 0 Å². The third kappa shape index (κ3) is 13.4. The van der Waals surface area contributed by atoms with Crippen molar-refractivity contribution in [3.63, 3.8) is 0 Å². The van der Waals surface area contributed by atoms with Crippen LogP contribution in [0.25, 0.3) is 0 Å². The lowest BCUT2D eigenvalue weighted by Crippen LogP contribution is -2.05. The second-order valence-electron chi connectivity index (χ2n) is 7.22. The molecule has 0 amide bonds. The van der Waals surface area contributed by atoms with Crippen molar-refractivity contribution in [2.75, 3.05) is 0 Å². The number of halogens is 3. The topological polar surface area (TPSA) is 63.3 Å². The quantitative estimate of drug-likeness (QED) is 0.784. The van der Waals surface area contributed by atoms with Crippen LogP contribution in [0.4, 0.5) is 13.2 Å². The van der Waals surface area contributed by atoms with E-state index in [2.05, 4.69) is 39.0 Å². The van der Waals surface area contributed by atoms with Gasteiger partial charge in [-0.2, -0.15) is 13.2 Å². The van der Waals surface area contributed by atoms with Crippen LogP contribution in [-0.4, -0.2) is 17.8 Å². The van der Waals surface area contributed by atoms with Gasteiger partial charge >= 0.3 is 12.6 Å². The molecule has 3 N–H and O–H groups in total. The van der Waals surface area contributed by atoms with Crippen molar-refractivity contribution in [3.05, 3.63) is 34.9 Å². The molecule has 1 aromatic rings. The number of hydrogen-bond acceptors (Lipinski definition) is 2. The maximum Gasteiger partial charge on any atom is 0.379 e. The molecule has 0 bridgehead atoms. The van der Waals surface area contributed by atoms with Crippen LogP contribution in [0, 0.1) is 5.41 Å². The summed E-state index contributed by atoms with van der Waals surface area (Å²) in [4.78, 5) is 10.1. The van der Waals surface area contributed by atoms with Gasteiger partial charge in [0.05, 0.1) is 0 Å². The van der Waals surface area contributed by atoms with Crippen LogP contribution in [0.3, 0.4) is 0 Å². The highest BCUT2D eigenvalue weighted by molar-refractivity contribution is 5.66. The number of benzene rings is 1. The highest BCUT2D eigenvalue weighted by atomic mass is 19.4. The average molecular weight is 361 g/mol. The molecule has 0 atom stereocenters. The fourth-order valence-corrected chi connectivity index (χ4v) is 2.52. The Morgan fingerprint density at radius 1 is 1.20 bits per heavy atom. The highest BCUT2D eigenvalue weighted by Gasteiger charge is 2.10. The molecule has 0 unspecified atom stereocenters. The van der Waals surface area contributed by atoms with Gasteiger partial charge in [0.2, 0.25) is 0 Å². The van der Waals surface area contributed by atoms with Gasteiger partial charge < -0.3 is 10.8 Å². The van der Waals surface area contributed by atoms with Crippen molar-refractivity contribution >= 4 is 5.97 Å². The molecule has 2 rings (SSSR count). The van der Waals surface area contributed by atoms with Crippen LogP contribution < -0.4 is 5.73 Å². The Bertz CT molecular complexity index is 511. The van der Waals surface area contributed by atoms with Crippen molar-refractivity contribution < 1.29 is 23.1 Å². The molecule has 0 aromatic heterocycles. The van der Waals surface area contributed by atoms with Gasteiger partial charge in [-0.15, -0.1) is 0 Å². The van der Waals surface area contributed by atoms with Gasteiger partial charge in [0.15, 0.2) is 0 Å². The SMILES string of the molecule is CC(C)(C)CCCC(=O)O.FC(F)F.NCc1ccc2c(c1)CCC2. The monoisotopic (exact) mass is 361 g/mol. The second kappa shape index (κ2) is 11.9. The van der Waals surface area contributed by atoms with E-state index in [0.29, 0.717) is 13.0 Å². The highest BCUT2D eigenvalue weighted by Crippen LogP contribution is 2.22. The van der Waals surface area contributed by atoms with Crippen molar-refractivity contribution in [2.45, 2.75) is 72.5 Å². The minimum absolute atomic E-state index is 0.273. The zero-order chi connectivity index (χ0) is 19.5. The summed E-state index contributed by atoms with van der Waals surface area (Å²) in [7, 11) is 0. The zero-order valence-corrected chi connectivity index (χ0v) is 15.3.